The summed E-state index contributed by atoms with van der Waals surface area (Å²) in [4.78, 5) is 22.5. The maximum absolute atomic E-state index is 13.1. The summed E-state index contributed by atoms with van der Waals surface area (Å²) in [5.74, 6) is -1.00. The van der Waals surface area contributed by atoms with Crippen LogP contribution in [0.15, 0.2) is 36.7 Å². The summed E-state index contributed by atoms with van der Waals surface area (Å²) < 4.78 is 50.2. The zero-order chi connectivity index (χ0) is 27.1. The summed E-state index contributed by atoms with van der Waals surface area (Å²) in [7, 11) is 0. The Morgan fingerprint density at radius 3 is 2.89 bits per heavy atom. The molecule has 1 spiro atoms. The van der Waals surface area contributed by atoms with Crippen LogP contribution in [-0.4, -0.2) is 56.7 Å². The van der Waals surface area contributed by atoms with Gasteiger partial charge in [0.05, 0.1) is 37.1 Å². The highest BCUT2D eigenvalue weighted by Crippen LogP contribution is 2.40. The van der Waals surface area contributed by atoms with Gasteiger partial charge in [0.25, 0.3) is 0 Å². The van der Waals surface area contributed by atoms with Gasteiger partial charge >= 0.3 is 12.4 Å². The average Bonchev–Trinajstić information content (AvgIpc) is 3.51. The van der Waals surface area contributed by atoms with Gasteiger partial charge in [0.1, 0.15) is 17.4 Å². The lowest BCUT2D eigenvalue weighted by Crippen LogP contribution is -2.44. The van der Waals surface area contributed by atoms with E-state index in [4.69, 9.17) is 15.7 Å². The second-order valence-electron chi connectivity index (χ2n) is 9.06. The number of carbonyl (C=O) groups excluding carboxylic acids is 1. The Bertz CT molecular complexity index is 1420. The first-order valence-electron chi connectivity index (χ1n) is 11.7. The van der Waals surface area contributed by atoms with Crippen molar-refractivity contribution in [3.63, 3.8) is 0 Å². The van der Waals surface area contributed by atoms with Crippen molar-refractivity contribution in [3.8, 4) is 23.1 Å². The molecule has 0 aliphatic carbocycles. The van der Waals surface area contributed by atoms with E-state index in [1.165, 1.54) is 12.4 Å². The quantitative estimate of drug-likeness (QED) is 0.526. The highest BCUT2D eigenvalue weighted by molar-refractivity contribution is 5.75. The number of urea groups is 1. The smallest absolute Gasteiger partial charge is 0.402 e. The number of halogens is 3. The molecular weight excluding hydrogens is 505 g/mol. The minimum absolute atomic E-state index is 0.261. The van der Waals surface area contributed by atoms with E-state index in [1.54, 1.807) is 27.8 Å². The first kappa shape index (κ1) is 25.3. The van der Waals surface area contributed by atoms with E-state index in [1.807, 2.05) is 13.0 Å². The molecule has 2 atom stereocenters. The molecule has 38 heavy (non-hydrogen) atoms. The predicted octanol–water partition coefficient (Wildman–Crippen LogP) is 3.09. The number of carbonyl (C=O) groups is 1. The largest absolute Gasteiger partial charge is 0.573 e. The number of rotatable bonds is 4. The van der Waals surface area contributed by atoms with Crippen molar-refractivity contribution >= 4 is 11.8 Å². The third kappa shape index (κ3) is 4.92. The number of likely N-dealkylation sites (tertiary alicyclic amines) is 1. The summed E-state index contributed by atoms with van der Waals surface area (Å²) in [6.45, 7) is 3.30. The molecule has 3 aromatic heterocycles. The molecular formula is C24H23F3N8O3. The van der Waals surface area contributed by atoms with Gasteiger partial charge in [-0.1, -0.05) is 0 Å². The van der Waals surface area contributed by atoms with Crippen molar-refractivity contribution < 1.29 is 27.4 Å². The van der Waals surface area contributed by atoms with E-state index in [0.29, 0.717) is 43.1 Å². The van der Waals surface area contributed by atoms with Gasteiger partial charge in [-0.25, -0.2) is 14.8 Å². The lowest BCUT2D eigenvalue weighted by molar-refractivity contribution is -0.274. The lowest BCUT2D eigenvalue weighted by Gasteiger charge is -2.34. The zero-order valence-corrected chi connectivity index (χ0v) is 20.2. The number of nitrogens with two attached hydrogens (primary N) is 1. The number of aromatic nitrogens is 4. The molecule has 5 rings (SSSR count). The molecule has 3 N–H and O–H groups in total. The van der Waals surface area contributed by atoms with Crippen LogP contribution in [0.3, 0.4) is 0 Å². The van der Waals surface area contributed by atoms with Gasteiger partial charge in [-0.05, 0) is 36.8 Å². The molecule has 5 heterocycles. The van der Waals surface area contributed by atoms with E-state index >= 15 is 0 Å². The minimum atomic E-state index is -4.92. The van der Waals surface area contributed by atoms with E-state index in [9.17, 15) is 18.0 Å². The molecule has 198 valence electrons. The van der Waals surface area contributed by atoms with E-state index in [-0.39, 0.29) is 24.3 Å². The van der Waals surface area contributed by atoms with E-state index in [2.05, 4.69) is 25.1 Å². The third-order valence-corrected chi connectivity index (χ3v) is 6.59. The van der Waals surface area contributed by atoms with E-state index < -0.39 is 23.5 Å². The molecule has 0 aromatic carbocycles. The average molecular weight is 528 g/mol. The molecule has 0 saturated carbocycles. The van der Waals surface area contributed by atoms with Crippen LogP contribution in [0.25, 0.3) is 11.3 Å². The number of anilines is 1. The summed E-state index contributed by atoms with van der Waals surface area (Å²) in [6, 6.07) is 7.57. The van der Waals surface area contributed by atoms with Crippen molar-refractivity contribution in [1.82, 2.24) is 30.0 Å². The Balaban J connectivity index is 1.34. The molecule has 2 aliphatic rings. The maximum atomic E-state index is 13.1. The Morgan fingerprint density at radius 1 is 1.32 bits per heavy atom. The molecule has 11 nitrogen and oxygen atoms in total. The fourth-order valence-electron chi connectivity index (χ4n) is 4.72. The predicted molar refractivity (Wildman–Crippen MR) is 126 cm³/mol. The van der Waals surface area contributed by atoms with Gasteiger partial charge in [0.15, 0.2) is 11.6 Å². The normalized spacial score (nSPS) is 19.6. The number of nitrogens with zero attached hydrogens (tertiary/aromatic N) is 6. The second kappa shape index (κ2) is 9.49. The topological polar surface area (TPSA) is 144 Å². The Kier molecular flexibility index (Phi) is 6.31. The summed E-state index contributed by atoms with van der Waals surface area (Å²) in [5, 5.41) is 16.6. The van der Waals surface area contributed by atoms with Crippen LogP contribution in [-0.2, 0) is 16.9 Å². The number of hydrogen-bond acceptors (Lipinski definition) is 8. The van der Waals surface area contributed by atoms with Crippen LogP contribution in [0.4, 0.5) is 23.8 Å². The molecule has 1 unspecified atom stereocenters. The van der Waals surface area contributed by atoms with Crippen molar-refractivity contribution in [2.75, 3.05) is 25.4 Å². The minimum Gasteiger partial charge on any atom is -0.402 e. The van der Waals surface area contributed by atoms with Crippen LogP contribution in [0.5, 0.6) is 5.75 Å². The van der Waals surface area contributed by atoms with Crippen LogP contribution in [0.2, 0.25) is 0 Å². The number of fused-ring (bicyclic) bond motifs is 2. The first-order valence-corrected chi connectivity index (χ1v) is 11.7. The van der Waals surface area contributed by atoms with Crippen LogP contribution < -0.4 is 15.8 Å². The lowest BCUT2D eigenvalue weighted by atomic mass is 9.96. The van der Waals surface area contributed by atoms with Crippen molar-refractivity contribution in [3.05, 3.63) is 53.6 Å². The SMILES string of the molecule is C[C@@H](NC(=O)N1CCC2(C1)OCCn1nc(-c3cnc(N)c(OC(F)(F)F)c3)cc12)c1ccnc(C#N)c1. The van der Waals surface area contributed by atoms with Gasteiger partial charge in [-0.3, -0.25) is 4.68 Å². The molecule has 3 aromatic rings. The number of pyridine rings is 2. The third-order valence-electron chi connectivity index (χ3n) is 6.59. The first-order chi connectivity index (χ1) is 18.1. The zero-order valence-electron chi connectivity index (χ0n) is 20.2. The van der Waals surface area contributed by atoms with E-state index in [0.717, 1.165) is 11.6 Å². The Morgan fingerprint density at radius 2 is 2.13 bits per heavy atom. The fraction of sp³-hybridized carbons (Fsp3) is 0.375. The molecule has 2 aliphatic heterocycles. The molecule has 1 fully saturated rings. The molecule has 1 saturated heterocycles. The molecule has 0 radical (unpaired) electrons. The number of amides is 2. The number of alkyl halides is 3. The number of nitrogens with one attached hydrogen (secondary N) is 1. The van der Waals surface area contributed by atoms with Crippen LogP contribution in [0.1, 0.15) is 36.3 Å². The summed E-state index contributed by atoms with van der Waals surface area (Å²) >= 11 is 0. The molecule has 2 amide bonds. The summed E-state index contributed by atoms with van der Waals surface area (Å²) in [5.41, 5.74) is 7.14. The number of nitrogen functional groups attached to an aromatic ring is 1. The second-order valence-corrected chi connectivity index (χ2v) is 9.06. The van der Waals surface area contributed by atoms with Gasteiger partial charge in [-0.15, -0.1) is 13.2 Å². The standard InChI is InChI=1S/C24H23F3N8O3/c1-14(15-2-4-30-17(8-15)11-28)32-22(36)34-5-3-23(13-34)20-10-18(33-35(20)6-7-37-23)16-9-19(21(29)31-12-16)38-24(25,26)27/h2,4,8-10,12,14H,3,5-7,13H2,1H3,(H2,29,31)(H,32,36)/t14-,23?/m1/s1. The highest BCUT2D eigenvalue weighted by atomic mass is 19.4. The van der Waals surface area contributed by atoms with Gasteiger partial charge in [0.2, 0.25) is 0 Å². The van der Waals surface area contributed by atoms with Crippen LogP contribution in [0, 0.1) is 11.3 Å². The fourth-order valence-corrected chi connectivity index (χ4v) is 4.72. The summed E-state index contributed by atoms with van der Waals surface area (Å²) in [6.07, 6.45) is -1.56. The van der Waals surface area contributed by atoms with Gasteiger partial charge in [0, 0.05) is 30.9 Å². The Hall–Kier alpha value is -4.38. The molecule has 14 heteroatoms. The Labute approximate surface area is 215 Å². The van der Waals surface area contributed by atoms with Gasteiger partial charge < -0.3 is 25.4 Å². The monoisotopic (exact) mass is 528 g/mol. The van der Waals surface area contributed by atoms with Crippen molar-refractivity contribution in [1.29, 1.82) is 5.26 Å². The molecule has 0 bridgehead atoms. The van der Waals surface area contributed by atoms with Crippen molar-refractivity contribution in [2.24, 2.45) is 0 Å². The van der Waals surface area contributed by atoms with Crippen LogP contribution >= 0.6 is 0 Å². The maximum Gasteiger partial charge on any atom is 0.573 e. The number of hydrogen-bond donors (Lipinski definition) is 2. The van der Waals surface area contributed by atoms with Crippen molar-refractivity contribution in [2.45, 2.75) is 37.9 Å². The number of nitriles is 1. The number of ether oxygens (including phenoxy) is 2. The van der Waals surface area contributed by atoms with Gasteiger partial charge in [-0.2, -0.15) is 10.4 Å². The highest BCUT2D eigenvalue weighted by Gasteiger charge is 2.47.